The number of nitro groups is 1. The monoisotopic (exact) mass is 557 g/mol. The Kier molecular flexibility index (Phi) is 7.45. The summed E-state index contributed by atoms with van der Waals surface area (Å²) >= 11 is 2.78. The molecular weight excluding hydrogens is 541 g/mol. The van der Waals surface area contributed by atoms with Gasteiger partial charge in [0.2, 0.25) is 0 Å². The number of hydrogen-bond donors (Lipinski definition) is 3. The number of alkyl halides is 1. The third kappa shape index (κ3) is 5.00. The second-order valence-corrected chi connectivity index (χ2v) is 10.4. The molecule has 4 N–H and O–H groups in total. The van der Waals surface area contributed by atoms with Gasteiger partial charge in [0, 0.05) is 10.3 Å². The molecule has 18 heteroatoms. The van der Waals surface area contributed by atoms with E-state index in [9.17, 15) is 34.0 Å². The van der Waals surface area contributed by atoms with E-state index in [2.05, 4.69) is 20.4 Å². The van der Waals surface area contributed by atoms with Gasteiger partial charge in [-0.05, 0) is 24.2 Å². The molecule has 2 aromatic heterocycles. The normalized spacial score (nSPS) is 19.5. The molecule has 2 amide bonds. The Morgan fingerprint density at radius 2 is 2.28 bits per heavy atom. The number of rotatable bonds is 10. The van der Waals surface area contributed by atoms with E-state index in [4.69, 9.17) is 10.6 Å². The number of β-lactam (4-membered cyclic amide) rings is 1. The third-order valence-electron chi connectivity index (χ3n) is 5.05. The smallest absolute Gasteiger partial charge is 0.353 e. The molecule has 4 rings (SSSR count). The van der Waals surface area contributed by atoms with Crippen LogP contribution in [-0.4, -0.2) is 73.8 Å². The number of nitrogens with zero attached hydrogens (tertiary/aromatic N) is 5. The molecule has 0 radical (unpaired) electrons. The Labute approximate surface area is 213 Å². The molecule has 1 fully saturated rings. The molecule has 14 nitrogen and oxygen atoms in total. The fraction of sp³-hybridized carbons (Fsp3) is 0.333. The van der Waals surface area contributed by atoms with Gasteiger partial charge in [0.1, 0.15) is 36.9 Å². The predicted octanol–water partition coefficient (Wildman–Crippen LogP) is 1.36. The first-order chi connectivity index (χ1) is 17.2. The van der Waals surface area contributed by atoms with Gasteiger partial charge in [-0.3, -0.25) is 24.6 Å². The molecule has 0 bridgehead atoms. The Hall–Kier alpha value is -3.64. The molecule has 36 heavy (non-hydrogen) atoms. The number of aliphatic carboxylic acids is 1. The average Bonchev–Trinajstić information content (AvgIpc) is 3.49. The van der Waals surface area contributed by atoms with Crippen LogP contribution < -0.4 is 11.1 Å². The van der Waals surface area contributed by atoms with Crippen molar-refractivity contribution in [1.29, 1.82) is 0 Å². The summed E-state index contributed by atoms with van der Waals surface area (Å²) in [6.07, 6.45) is 1.63. The van der Waals surface area contributed by atoms with Gasteiger partial charge < -0.3 is 21.0 Å². The van der Waals surface area contributed by atoms with Crippen molar-refractivity contribution in [2.45, 2.75) is 29.3 Å². The Bertz CT molecular complexity index is 1290. The topological polar surface area (TPSA) is 203 Å². The number of amides is 2. The van der Waals surface area contributed by atoms with Gasteiger partial charge in [-0.2, -0.15) is 0 Å². The number of carboxylic acids is 1. The first-order valence-electron chi connectivity index (χ1n) is 10.1. The summed E-state index contributed by atoms with van der Waals surface area (Å²) in [7, 11) is 0. The van der Waals surface area contributed by atoms with E-state index in [1.54, 1.807) is 0 Å². The van der Waals surface area contributed by atoms with Crippen LogP contribution in [0.4, 0.5) is 14.5 Å². The van der Waals surface area contributed by atoms with Crippen molar-refractivity contribution in [2.24, 2.45) is 5.16 Å². The fourth-order valence-electron chi connectivity index (χ4n) is 3.57. The summed E-state index contributed by atoms with van der Waals surface area (Å²) in [6, 6.07) is -1.68. The predicted molar refractivity (Wildman–Crippen MR) is 126 cm³/mol. The minimum absolute atomic E-state index is 0.0727. The second-order valence-electron chi connectivity index (χ2n) is 7.20. The van der Waals surface area contributed by atoms with Crippen molar-refractivity contribution >= 4 is 68.1 Å². The van der Waals surface area contributed by atoms with E-state index in [-0.39, 0.29) is 38.0 Å². The van der Waals surface area contributed by atoms with E-state index in [0.29, 0.717) is 11.3 Å². The van der Waals surface area contributed by atoms with Crippen LogP contribution in [-0.2, 0) is 19.2 Å². The number of nitrogens with one attached hydrogen (secondary N) is 1. The van der Waals surface area contributed by atoms with Crippen molar-refractivity contribution in [3.05, 3.63) is 38.0 Å². The maximum absolute atomic E-state index is 12.9. The minimum atomic E-state index is -1.36. The lowest BCUT2D eigenvalue weighted by Gasteiger charge is -2.49. The highest BCUT2D eigenvalue weighted by molar-refractivity contribution is 8.04. The van der Waals surface area contributed by atoms with Crippen molar-refractivity contribution in [2.75, 3.05) is 19.0 Å². The number of thiazole rings is 2. The second kappa shape index (κ2) is 10.5. The number of nitrogens with two attached hydrogens (primary N) is 1. The van der Waals surface area contributed by atoms with Gasteiger partial charge in [-0.15, -0.1) is 11.3 Å². The molecule has 0 spiro atoms. The molecule has 4 heterocycles. The number of carbonyl (C=O) groups is 3. The fourth-order valence-corrected chi connectivity index (χ4v) is 6.13. The molecule has 0 aliphatic carbocycles. The maximum atomic E-state index is 12.9. The summed E-state index contributed by atoms with van der Waals surface area (Å²) in [6.45, 7) is -1.24. The number of carboxylic acid groups (broad SMARTS) is 1. The first kappa shape index (κ1) is 25.5. The first-order valence-corrected chi connectivity index (χ1v) is 12.6. The quantitative estimate of drug-likeness (QED) is 0.125. The highest BCUT2D eigenvalue weighted by Gasteiger charge is 2.54. The number of thioether (sulfide) groups is 1. The number of allylic oxidation sites excluding steroid dienone is 1. The lowest BCUT2D eigenvalue weighted by molar-refractivity contribution is -0.380. The lowest BCUT2D eigenvalue weighted by Crippen LogP contribution is -2.72. The molecule has 2 aromatic rings. The summed E-state index contributed by atoms with van der Waals surface area (Å²) < 4.78 is 12.7. The molecule has 2 aliphatic rings. The van der Waals surface area contributed by atoms with Crippen LogP contribution in [0.3, 0.4) is 0 Å². The van der Waals surface area contributed by atoms with Crippen LogP contribution in [0.25, 0.3) is 0 Å². The average molecular weight is 558 g/mol. The number of oxime groups is 1. The zero-order valence-electron chi connectivity index (χ0n) is 18.0. The third-order valence-corrected chi connectivity index (χ3v) is 7.89. The summed E-state index contributed by atoms with van der Waals surface area (Å²) in [4.78, 5) is 62.2. The number of halogens is 1. The van der Waals surface area contributed by atoms with Gasteiger partial charge in [0.15, 0.2) is 15.2 Å². The lowest BCUT2D eigenvalue weighted by atomic mass is 9.86. The molecule has 2 aliphatic heterocycles. The van der Waals surface area contributed by atoms with Crippen LogP contribution in [0.15, 0.2) is 31.7 Å². The van der Waals surface area contributed by atoms with Gasteiger partial charge in [-0.1, -0.05) is 16.9 Å². The molecule has 0 saturated carbocycles. The highest BCUT2D eigenvalue weighted by Crippen LogP contribution is 2.44. The van der Waals surface area contributed by atoms with Crippen LogP contribution >= 0.6 is 34.4 Å². The zero-order valence-corrected chi connectivity index (χ0v) is 20.4. The number of aromatic nitrogens is 2. The molecule has 0 unspecified atom stereocenters. The standard InChI is InChI=1S/C18H16FN7O7S3/c19-3-4-33-24-11(7-6-34-17(20)22-7)14(27)23-12-8-1-2-9(13(16(29)30)25(8)15(12)28)35-18-21-5-10(36-18)26(31)32/h5-6,8,12H,1-4H2,(H2,20,22)(H,23,27)(H,29,30)/b24-11-/t8-,12+/m1/s1. The number of nitrogen functional groups attached to an aromatic ring is 1. The molecule has 0 aromatic carbocycles. The van der Waals surface area contributed by atoms with Gasteiger partial charge in [0.25, 0.3) is 11.8 Å². The van der Waals surface area contributed by atoms with E-state index in [1.807, 2.05) is 0 Å². The van der Waals surface area contributed by atoms with E-state index in [1.165, 1.54) is 5.38 Å². The molecular formula is C18H16FN7O7S3. The van der Waals surface area contributed by atoms with Crippen molar-refractivity contribution < 1.29 is 33.6 Å². The van der Waals surface area contributed by atoms with Crippen LogP contribution in [0, 0.1) is 10.1 Å². The van der Waals surface area contributed by atoms with Crippen LogP contribution in [0.2, 0.25) is 0 Å². The number of fused-ring (bicyclic) bond motifs is 1. The van der Waals surface area contributed by atoms with Crippen molar-refractivity contribution in [3.63, 3.8) is 0 Å². The molecule has 2 atom stereocenters. The summed E-state index contributed by atoms with van der Waals surface area (Å²) in [5, 5.41) is 28.2. The Morgan fingerprint density at radius 3 is 2.89 bits per heavy atom. The van der Waals surface area contributed by atoms with Gasteiger partial charge >= 0.3 is 11.0 Å². The maximum Gasteiger partial charge on any atom is 0.353 e. The van der Waals surface area contributed by atoms with Gasteiger partial charge in [0.05, 0.1) is 11.0 Å². The minimum Gasteiger partial charge on any atom is -0.477 e. The summed E-state index contributed by atoms with van der Waals surface area (Å²) in [5.41, 5.74) is 5.10. The van der Waals surface area contributed by atoms with Crippen LogP contribution in [0.5, 0.6) is 0 Å². The molecule has 190 valence electrons. The van der Waals surface area contributed by atoms with Gasteiger partial charge in [-0.25, -0.2) is 19.2 Å². The number of carbonyl (C=O) groups excluding carboxylic acids is 2. The Balaban J connectivity index is 1.52. The number of anilines is 1. The van der Waals surface area contributed by atoms with Crippen LogP contribution in [0.1, 0.15) is 18.5 Å². The van der Waals surface area contributed by atoms with E-state index >= 15 is 0 Å². The molecule has 1 saturated heterocycles. The van der Waals surface area contributed by atoms with E-state index < -0.39 is 48.1 Å². The SMILES string of the molecule is Nc1nc(/C(=N/OCCF)C(=O)N[C@@H]2C(=O)N3C(C(=O)O)=C(Sc4ncc([N+](=O)[O-])s4)CC[C@H]23)cs1. The zero-order chi connectivity index (χ0) is 26.0. The highest BCUT2D eigenvalue weighted by atomic mass is 32.2. The largest absolute Gasteiger partial charge is 0.477 e. The Morgan fingerprint density at radius 1 is 1.50 bits per heavy atom. The summed E-state index contributed by atoms with van der Waals surface area (Å²) in [5.74, 6) is -2.84. The van der Waals surface area contributed by atoms with Crippen molar-refractivity contribution in [1.82, 2.24) is 20.2 Å². The van der Waals surface area contributed by atoms with E-state index in [0.717, 1.165) is 45.5 Å². The number of hydrogen-bond acceptors (Lipinski definition) is 13. The van der Waals surface area contributed by atoms with Crippen molar-refractivity contribution in [3.8, 4) is 0 Å².